The van der Waals surface area contributed by atoms with E-state index in [1.165, 1.54) is 0 Å². The molecule has 27 heavy (non-hydrogen) atoms. The van der Waals surface area contributed by atoms with Crippen molar-refractivity contribution in [3.8, 4) is 5.82 Å². The number of ether oxygens (including phenoxy) is 1. The molecular formula is C19H26N6O2. The van der Waals surface area contributed by atoms with Crippen LogP contribution in [0.25, 0.3) is 5.82 Å². The lowest BCUT2D eigenvalue weighted by molar-refractivity contribution is -0.136. The Morgan fingerprint density at radius 1 is 1.26 bits per heavy atom. The fraction of sp³-hybridized carbons (Fsp3) is 0.579. The van der Waals surface area contributed by atoms with Gasteiger partial charge < -0.3 is 9.64 Å². The molecule has 1 amide bonds. The van der Waals surface area contributed by atoms with Gasteiger partial charge >= 0.3 is 0 Å². The molecule has 0 bridgehead atoms. The van der Waals surface area contributed by atoms with Crippen molar-refractivity contribution < 1.29 is 9.53 Å². The Hall–Kier alpha value is -2.32. The summed E-state index contributed by atoms with van der Waals surface area (Å²) in [6, 6.07) is 0.135. The van der Waals surface area contributed by atoms with Crippen LogP contribution in [0.15, 0.2) is 24.8 Å². The number of amides is 1. The summed E-state index contributed by atoms with van der Waals surface area (Å²) >= 11 is 0. The van der Waals surface area contributed by atoms with Crippen molar-refractivity contribution in [2.45, 2.75) is 32.2 Å². The highest BCUT2D eigenvalue weighted by Gasteiger charge is 2.30. The standard InChI is InChI=1S/C19H26N6O2/c1-2-17-21-5-7-25(17)18-13-20-12-15(22-18)16-4-3-6-24(16)14-19(26)23-8-10-27-11-9-23/h5,7,12-13,16H,2-4,6,8-11,14H2,1H3/t16-/m0/s1. The van der Waals surface area contributed by atoms with Gasteiger partial charge in [-0.05, 0) is 19.4 Å². The number of hydrogen-bond donors (Lipinski definition) is 0. The van der Waals surface area contributed by atoms with E-state index in [4.69, 9.17) is 9.72 Å². The predicted octanol–water partition coefficient (Wildman–Crippen LogP) is 1.22. The number of morpholine rings is 1. The first-order valence-electron chi connectivity index (χ1n) is 9.70. The Balaban J connectivity index is 1.50. The zero-order chi connectivity index (χ0) is 18.6. The van der Waals surface area contributed by atoms with Crippen LogP contribution in [-0.2, 0) is 16.0 Å². The number of carbonyl (C=O) groups is 1. The molecule has 0 radical (unpaired) electrons. The number of likely N-dealkylation sites (tertiary alicyclic amines) is 1. The molecule has 2 aromatic rings. The van der Waals surface area contributed by atoms with Crippen molar-refractivity contribution in [3.05, 3.63) is 36.3 Å². The molecule has 8 heteroatoms. The highest BCUT2D eigenvalue weighted by Crippen LogP contribution is 2.30. The average Bonchev–Trinajstić information content (AvgIpc) is 3.38. The summed E-state index contributed by atoms with van der Waals surface area (Å²) in [6.07, 6.45) is 10.2. The summed E-state index contributed by atoms with van der Waals surface area (Å²) in [5.41, 5.74) is 0.926. The van der Waals surface area contributed by atoms with Gasteiger partial charge in [0.25, 0.3) is 0 Å². The van der Waals surface area contributed by atoms with Gasteiger partial charge in [0.05, 0.1) is 43.9 Å². The van der Waals surface area contributed by atoms with Gasteiger partial charge in [0, 0.05) is 31.9 Å². The lowest BCUT2D eigenvalue weighted by Gasteiger charge is -2.30. The van der Waals surface area contributed by atoms with Crippen LogP contribution in [0.1, 0.15) is 37.3 Å². The molecule has 2 aliphatic heterocycles. The van der Waals surface area contributed by atoms with Crippen LogP contribution >= 0.6 is 0 Å². The fourth-order valence-corrected chi connectivity index (χ4v) is 3.89. The van der Waals surface area contributed by atoms with Crippen molar-refractivity contribution in [2.24, 2.45) is 0 Å². The number of hydrogen-bond acceptors (Lipinski definition) is 6. The fourth-order valence-electron chi connectivity index (χ4n) is 3.89. The third-order valence-electron chi connectivity index (χ3n) is 5.33. The molecule has 2 saturated heterocycles. The van der Waals surface area contributed by atoms with Gasteiger partial charge in [-0.25, -0.2) is 9.97 Å². The zero-order valence-electron chi connectivity index (χ0n) is 15.8. The highest BCUT2D eigenvalue weighted by atomic mass is 16.5. The zero-order valence-corrected chi connectivity index (χ0v) is 15.8. The number of imidazole rings is 1. The molecule has 1 atom stereocenters. The van der Waals surface area contributed by atoms with Gasteiger partial charge in [-0.1, -0.05) is 6.92 Å². The lowest BCUT2D eigenvalue weighted by atomic mass is 10.1. The van der Waals surface area contributed by atoms with Crippen LogP contribution < -0.4 is 0 Å². The summed E-state index contributed by atoms with van der Waals surface area (Å²) in [5, 5.41) is 0. The molecule has 0 spiro atoms. The van der Waals surface area contributed by atoms with Crippen molar-refractivity contribution in [3.63, 3.8) is 0 Å². The predicted molar refractivity (Wildman–Crippen MR) is 99.5 cm³/mol. The van der Waals surface area contributed by atoms with E-state index in [2.05, 4.69) is 21.8 Å². The third kappa shape index (κ3) is 3.86. The molecular weight excluding hydrogens is 344 g/mol. The van der Waals surface area contributed by atoms with Gasteiger partial charge in [0.2, 0.25) is 5.91 Å². The van der Waals surface area contributed by atoms with Gasteiger partial charge in [0.1, 0.15) is 5.82 Å². The van der Waals surface area contributed by atoms with Crippen LogP contribution in [0.2, 0.25) is 0 Å². The van der Waals surface area contributed by atoms with E-state index < -0.39 is 0 Å². The summed E-state index contributed by atoms with van der Waals surface area (Å²) in [4.78, 5) is 30.4. The maximum absolute atomic E-state index is 12.6. The molecule has 2 aromatic heterocycles. The topological polar surface area (TPSA) is 76.4 Å². The minimum atomic E-state index is 0.135. The summed E-state index contributed by atoms with van der Waals surface area (Å²) in [6.45, 7) is 6.06. The third-order valence-corrected chi connectivity index (χ3v) is 5.33. The quantitative estimate of drug-likeness (QED) is 0.788. The average molecular weight is 370 g/mol. The Morgan fingerprint density at radius 3 is 2.93 bits per heavy atom. The maximum Gasteiger partial charge on any atom is 0.236 e. The van der Waals surface area contributed by atoms with E-state index in [1.807, 2.05) is 21.9 Å². The Bertz CT molecular complexity index is 786. The second kappa shape index (κ2) is 8.14. The Morgan fingerprint density at radius 2 is 2.11 bits per heavy atom. The van der Waals surface area contributed by atoms with Crippen LogP contribution in [-0.4, -0.2) is 74.6 Å². The van der Waals surface area contributed by atoms with Crippen molar-refractivity contribution in [1.29, 1.82) is 0 Å². The molecule has 0 aliphatic carbocycles. The Labute approximate surface area is 159 Å². The van der Waals surface area contributed by atoms with E-state index in [0.717, 1.165) is 43.1 Å². The van der Waals surface area contributed by atoms with Gasteiger partial charge in [-0.3, -0.25) is 19.2 Å². The SMILES string of the molecule is CCc1nccn1-c1cncc([C@@H]2CCCN2CC(=O)N2CCOCC2)n1. The normalized spacial score (nSPS) is 20.9. The molecule has 0 unspecified atom stereocenters. The van der Waals surface area contributed by atoms with Crippen LogP contribution in [0.3, 0.4) is 0 Å². The molecule has 0 aromatic carbocycles. The molecule has 4 heterocycles. The van der Waals surface area contributed by atoms with E-state index in [1.54, 1.807) is 12.4 Å². The van der Waals surface area contributed by atoms with Crippen molar-refractivity contribution in [2.75, 3.05) is 39.4 Å². The van der Waals surface area contributed by atoms with Gasteiger partial charge in [0.15, 0.2) is 5.82 Å². The van der Waals surface area contributed by atoms with E-state index in [0.29, 0.717) is 32.8 Å². The Kier molecular flexibility index (Phi) is 5.45. The van der Waals surface area contributed by atoms with Crippen molar-refractivity contribution in [1.82, 2.24) is 29.3 Å². The highest BCUT2D eigenvalue weighted by molar-refractivity contribution is 5.78. The van der Waals surface area contributed by atoms with Crippen LogP contribution in [0.5, 0.6) is 0 Å². The monoisotopic (exact) mass is 370 g/mol. The second-order valence-corrected chi connectivity index (χ2v) is 6.99. The second-order valence-electron chi connectivity index (χ2n) is 6.99. The van der Waals surface area contributed by atoms with E-state index in [-0.39, 0.29) is 11.9 Å². The smallest absolute Gasteiger partial charge is 0.236 e. The first kappa shape index (κ1) is 18.1. The number of aromatic nitrogens is 4. The molecule has 8 nitrogen and oxygen atoms in total. The molecule has 0 N–H and O–H groups in total. The maximum atomic E-state index is 12.6. The number of nitrogens with zero attached hydrogens (tertiary/aromatic N) is 6. The largest absolute Gasteiger partial charge is 0.378 e. The molecule has 4 rings (SSSR count). The minimum Gasteiger partial charge on any atom is -0.378 e. The first-order chi connectivity index (χ1) is 13.3. The molecule has 144 valence electrons. The summed E-state index contributed by atoms with van der Waals surface area (Å²) in [7, 11) is 0. The van der Waals surface area contributed by atoms with Crippen molar-refractivity contribution >= 4 is 5.91 Å². The lowest BCUT2D eigenvalue weighted by Crippen LogP contribution is -2.45. The first-order valence-corrected chi connectivity index (χ1v) is 9.70. The van der Waals surface area contributed by atoms with Crippen LogP contribution in [0.4, 0.5) is 0 Å². The molecule has 2 fully saturated rings. The number of aryl methyl sites for hydroxylation is 1. The number of carbonyl (C=O) groups excluding carboxylic acids is 1. The van der Waals surface area contributed by atoms with Crippen LogP contribution in [0, 0.1) is 0 Å². The van der Waals surface area contributed by atoms with E-state index in [9.17, 15) is 4.79 Å². The molecule has 2 aliphatic rings. The van der Waals surface area contributed by atoms with Gasteiger partial charge in [-0.2, -0.15) is 0 Å². The summed E-state index contributed by atoms with van der Waals surface area (Å²) < 4.78 is 7.33. The number of rotatable bonds is 5. The van der Waals surface area contributed by atoms with E-state index >= 15 is 0 Å². The minimum absolute atomic E-state index is 0.135. The van der Waals surface area contributed by atoms with Gasteiger partial charge in [-0.15, -0.1) is 0 Å². The molecule has 0 saturated carbocycles. The summed E-state index contributed by atoms with van der Waals surface area (Å²) in [5.74, 6) is 1.93.